The first-order chi connectivity index (χ1) is 7.25. The topological polar surface area (TPSA) is 34.1 Å². The van der Waals surface area contributed by atoms with Gasteiger partial charge in [0.25, 0.3) is 10.5 Å². The molecule has 0 atom stereocenters. The summed E-state index contributed by atoms with van der Waals surface area (Å²) in [7, 11) is 0. The minimum atomic E-state index is -0.579. The van der Waals surface area contributed by atoms with E-state index >= 15 is 0 Å². The normalized spacial score (nSPS) is 11.3. The van der Waals surface area contributed by atoms with Crippen LogP contribution in [0.4, 0.5) is 0 Å². The molecule has 0 bridgehead atoms. The van der Waals surface area contributed by atoms with Gasteiger partial charge in [-0.25, -0.2) is 0 Å². The van der Waals surface area contributed by atoms with E-state index in [9.17, 15) is 9.59 Å². The quantitative estimate of drug-likeness (QED) is 0.758. The third kappa shape index (κ3) is 2.63. The van der Waals surface area contributed by atoms with Crippen molar-refractivity contribution in [3.63, 3.8) is 0 Å². The van der Waals surface area contributed by atoms with E-state index in [0.29, 0.717) is 16.7 Å². The van der Waals surface area contributed by atoms with Gasteiger partial charge in [0.1, 0.15) is 0 Å². The maximum absolute atomic E-state index is 11.3. The van der Waals surface area contributed by atoms with E-state index in [2.05, 4.69) is 0 Å². The van der Waals surface area contributed by atoms with Gasteiger partial charge in [-0.05, 0) is 46.3 Å². The van der Waals surface area contributed by atoms with Gasteiger partial charge in [0.05, 0.1) is 0 Å². The van der Waals surface area contributed by atoms with Crippen molar-refractivity contribution in [2.75, 3.05) is 0 Å². The number of rotatable bonds is 2. The Hall–Kier alpha value is -0.860. The molecule has 1 aromatic rings. The standard InChI is InChI=1S/C12H12Cl2O2/c1-12(2,3)9-7(10(13)15)5-4-6-8(9)11(14)16/h4-6H,1-3H3. The number of hydrogen-bond donors (Lipinski definition) is 0. The van der Waals surface area contributed by atoms with Crippen molar-refractivity contribution in [1.82, 2.24) is 0 Å². The first-order valence-electron chi connectivity index (χ1n) is 4.78. The second kappa shape index (κ2) is 4.56. The summed E-state index contributed by atoms with van der Waals surface area (Å²) < 4.78 is 0. The van der Waals surface area contributed by atoms with E-state index in [1.165, 1.54) is 0 Å². The van der Waals surface area contributed by atoms with Crippen molar-refractivity contribution in [3.8, 4) is 0 Å². The lowest BCUT2D eigenvalue weighted by molar-refractivity contribution is 0.107. The molecule has 0 aliphatic carbocycles. The van der Waals surface area contributed by atoms with E-state index in [1.807, 2.05) is 20.8 Å². The van der Waals surface area contributed by atoms with E-state index in [-0.39, 0.29) is 5.41 Å². The Morgan fingerprint density at radius 1 is 1.00 bits per heavy atom. The van der Waals surface area contributed by atoms with Crippen LogP contribution in [0, 0.1) is 0 Å². The molecule has 0 aromatic heterocycles. The minimum absolute atomic E-state index is 0.334. The van der Waals surface area contributed by atoms with E-state index in [0.717, 1.165) is 0 Å². The highest BCUT2D eigenvalue weighted by molar-refractivity contribution is 6.69. The van der Waals surface area contributed by atoms with Crippen LogP contribution in [0.25, 0.3) is 0 Å². The summed E-state index contributed by atoms with van der Waals surface area (Å²) in [5, 5.41) is -1.16. The Balaban J connectivity index is 3.60. The van der Waals surface area contributed by atoms with Gasteiger partial charge in [0, 0.05) is 11.1 Å². The lowest BCUT2D eigenvalue weighted by atomic mass is 9.81. The van der Waals surface area contributed by atoms with Crippen LogP contribution in [0.15, 0.2) is 18.2 Å². The summed E-state index contributed by atoms with van der Waals surface area (Å²) >= 11 is 11.0. The minimum Gasteiger partial charge on any atom is -0.276 e. The van der Waals surface area contributed by atoms with Gasteiger partial charge < -0.3 is 0 Å². The van der Waals surface area contributed by atoms with Gasteiger partial charge in [0.2, 0.25) is 0 Å². The molecule has 0 aliphatic heterocycles. The predicted octanol–water partition coefficient (Wildman–Crippen LogP) is 3.74. The summed E-state index contributed by atoms with van der Waals surface area (Å²) in [6, 6.07) is 4.79. The molecule has 0 fully saturated rings. The Bertz CT molecular complexity index is 413. The van der Waals surface area contributed by atoms with Crippen LogP contribution in [0.5, 0.6) is 0 Å². The Morgan fingerprint density at radius 3 is 1.62 bits per heavy atom. The molecule has 0 spiro atoms. The van der Waals surface area contributed by atoms with Crippen LogP contribution in [0.1, 0.15) is 47.1 Å². The molecule has 0 unspecified atom stereocenters. The summed E-state index contributed by atoms with van der Waals surface area (Å²) in [5.74, 6) is 0. The summed E-state index contributed by atoms with van der Waals surface area (Å²) in [6.45, 7) is 5.69. The first-order valence-corrected chi connectivity index (χ1v) is 5.54. The number of carbonyl (C=O) groups is 2. The number of halogens is 2. The molecule has 0 N–H and O–H groups in total. The SMILES string of the molecule is CC(C)(C)c1c(C(=O)Cl)cccc1C(=O)Cl. The zero-order valence-electron chi connectivity index (χ0n) is 9.30. The summed E-state index contributed by atoms with van der Waals surface area (Å²) in [6.07, 6.45) is 0. The van der Waals surface area contributed by atoms with Crippen molar-refractivity contribution in [3.05, 3.63) is 34.9 Å². The summed E-state index contributed by atoms with van der Waals surface area (Å²) in [4.78, 5) is 22.6. The highest BCUT2D eigenvalue weighted by Crippen LogP contribution is 2.31. The first kappa shape index (κ1) is 13.2. The molecule has 86 valence electrons. The molecule has 0 saturated carbocycles. The van der Waals surface area contributed by atoms with E-state index in [1.54, 1.807) is 18.2 Å². The predicted molar refractivity (Wildman–Crippen MR) is 65.5 cm³/mol. The molecule has 4 heteroatoms. The molecule has 0 amide bonds. The molecule has 0 heterocycles. The van der Waals surface area contributed by atoms with Gasteiger partial charge in [-0.2, -0.15) is 0 Å². The van der Waals surface area contributed by atoms with Gasteiger partial charge in [-0.15, -0.1) is 0 Å². The van der Waals surface area contributed by atoms with E-state index < -0.39 is 10.5 Å². The molecular weight excluding hydrogens is 247 g/mol. The zero-order valence-corrected chi connectivity index (χ0v) is 10.8. The number of carbonyl (C=O) groups excluding carboxylic acids is 2. The Morgan fingerprint density at radius 2 is 1.38 bits per heavy atom. The molecule has 0 radical (unpaired) electrons. The van der Waals surface area contributed by atoms with Crippen molar-refractivity contribution < 1.29 is 9.59 Å². The number of benzene rings is 1. The van der Waals surface area contributed by atoms with Crippen LogP contribution in [0.2, 0.25) is 0 Å². The maximum atomic E-state index is 11.3. The largest absolute Gasteiger partial charge is 0.276 e. The average Bonchev–Trinajstić information content (AvgIpc) is 2.15. The van der Waals surface area contributed by atoms with Gasteiger partial charge in [-0.1, -0.05) is 26.8 Å². The highest BCUT2D eigenvalue weighted by atomic mass is 35.5. The average molecular weight is 259 g/mol. The molecule has 1 aromatic carbocycles. The maximum Gasteiger partial charge on any atom is 0.252 e. The van der Waals surface area contributed by atoms with Gasteiger partial charge in [-0.3, -0.25) is 9.59 Å². The monoisotopic (exact) mass is 258 g/mol. The van der Waals surface area contributed by atoms with Gasteiger partial charge in [0.15, 0.2) is 0 Å². The second-order valence-electron chi connectivity index (χ2n) is 4.53. The van der Waals surface area contributed by atoms with Crippen LogP contribution in [-0.2, 0) is 5.41 Å². The molecule has 0 aliphatic rings. The van der Waals surface area contributed by atoms with Gasteiger partial charge >= 0.3 is 0 Å². The van der Waals surface area contributed by atoms with Crippen LogP contribution in [0.3, 0.4) is 0 Å². The lowest BCUT2D eigenvalue weighted by Crippen LogP contribution is -2.19. The highest BCUT2D eigenvalue weighted by Gasteiger charge is 2.26. The van der Waals surface area contributed by atoms with Crippen molar-refractivity contribution in [2.24, 2.45) is 0 Å². The molecule has 2 nitrogen and oxygen atoms in total. The van der Waals surface area contributed by atoms with Crippen LogP contribution >= 0.6 is 23.2 Å². The fraction of sp³-hybridized carbons (Fsp3) is 0.333. The molecule has 16 heavy (non-hydrogen) atoms. The smallest absolute Gasteiger partial charge is 0.252 e. The third-order valence-electron chi connectivity index (χ3n) is 2.24. The Labute approximate surface area is 105 Å². The van der Waals surface area contributed by atoms with Crippen LogP contribution < -0.4 is 0 Å². The fourth-order valence-electron chi connectivity index (χ4n) is 1.69. The van der Waals surface area contributed by atoms with Crippen molar-refractivity contribution in [2.45, 2.75) is 26.2 Å². The zero-order chi connectivity index (χ0) is 12.5. The molecule has 0 saturated heterocycles. The summed E-state index contributed by atoms with van der Waals surface area (Å²) in [5.41, 5.74) is 0.887. The van der Waals surface area contributed by atoms with Crippen LogP contribution in [-0.4, -0.2) is 10.5 Å². The fourth-order valence-corrected chi connectivity index (χ4v) is 2.00. The third-order valence-corrected chi connectivity index (χ3v) is 2.65. The lowest BCUT2D eigenvalue weighted by Gasteiger charge is -2.23. The van der Waals surface area contributed by atoms with Crippen molar-refractivity contribution in [1.29, 1.82) is 0 Å². The Kier molecular flexibility index (Phi) is 3.76. The van der Waals surface area contributed by atoms with E-state index in [4.69, 9.17) is 23.2 Å². The number of hydrogen-bond acceptors (Lipinski definition) is 2. The second-order valence-corrected chi connectivity index (χ2v) is 5.21. The molecular formula is C12H12Cl2O2. The van der Waals surface area contributed by atoms with Crippen molar-refractivity contribution >= 4 is 33.7 Å². The molecule has 1 rings (SSSR count).